The fourth-order valence-corrected chi connectivity index (χ4v) is 2.94. The van der Waals surface area contributed by atoms with Crippen molar-refractivity contribution in [3.8, 4) is 0 Å². The van der Waals surface area contributed by atoms with Crippen LogP contribution in [0.4, 0.5) is 0 Å². The Labute approximate surface area is 127 Å². The Bertz CT molecular complexity index is 586. The quantitative estimate of drug-likeness (QED) is 0.886. The molecule has 0 aromatic carbocycles. The van der Waals surface area contributed by atoms with Gasteiger partial charge in [0.15, 0.2) is 5.82 Å². The molecule has 0 amide bonds. The molecule has 0 aliphatic carbocycles. The van der Waals surface area contributed by atoms with Crippen LogP contribution in [0.2, 0.25) is 0 Å². The lowest BCUT2D eigenvalue weighted by atomic mass is 9.84. The van der Waals surface area contributed by atoms with E-state index in [1.54, 1.807) is 16.0 Å². The lowest BCUT2D eigenvalue weighted by Crippen LogP contribution is -2.26. The average Bonchev–Trinajstić information content (AvgIpc) is 3.00. The predicted octanol–water partition coefficient (Wildman–Crippen LogP) is 2.46. The van der Waals surface area contributed by atoms with Gasteiger partial charge in [0.25, 0.3) is 0 Å². The van der Waals surface area contributed by atoms with Crippen molar-refractivity contribution in [3.05, 3.63) is 28.2 Å². The molecule has 2 aromatic heterocycles. The molecule has 0 bridgehead atoms. The Morgan fingerprint density at radius 3 is 2.81 bits per heavy atom. The molecule has 0 saturated heterocycles. The minimum atomic E-state index is -0.803. The van der Waals surface area contributed by atoms with Gasteiger partial charge >= 0.3 is 5.97 Å². The van der Waals surface area contributed by atoms with E-state index in [0.717, 1.165) is 4.88 Å². The molecule has 0 radical (unpaired) electrons. The number of aliphatic carboxylic acids is 1. The highest BCUT2D eigenvalue weighted by Crippen LogP contribution is 2.26. The van der Waals surface area contributed by atoms with Gasteiger partial charge in [0.1, 0.15) is 0 Å². The number of carbonyl (C=O) groups is 1. The first-order valence-electron chi connectivity index (χ1n) is 6.85. The maximum Gasteiger partial charge on any atom is 0.308 e. The molecule has 21 heavy (non-hydrogen) atoms. The summed E-state index contributed by atoms with van der Waals surface area (Å²) < 4.78 is 1.62. The number of hydrogen-bond acceptors (Lipinski definition) is 5. The second kappa shape index (κ2) is 6.34. The fourth-order valence-electron chi connectivity index (χ4n) is 2.24. The van der Waals surface area contributed by atoms with E-state index in [-0.39, 0.29) is 5.41 Å². The average molecular weight is 308 g/mol. The van der Waals surface area contributed by atoms with Crippen LogP contribution < -0.4 is 0 Å². The van der Waals surface area contributed by atoms with Crippen LogP contribution in [-0.4, -0.2) is 31.3 Å². The van der Waals surface area contributed by atoms with Gasteiger partial charge in [-0.15, -0.1) is 16.4 Å². The molecule has 0 aliphatic heterocycles. The van der Waals surface area contributed by atoms with Crippen molar-refractivity contribution >= 4 is 17.3 Å². The Morgan fingerprint density at radius 1 is 1.48 bits per heavy atom. The second-order valence-corrected chi connectivity index (χ2v) is 7.37. The predicted molar refractivity (Wildman–Crippen MR) is 80.1 cm³/mol. The van der Waals surface area contributed by atoms with E-state index in [4.69, 9.17) is 0 Å². The molecule has 2 heterocycles. The van der Waals surface area contributed by atoms with Crippen LogP contribution >= 0.6 is 11.3 Å². The summed E-state index contributed by atoms with van der Waals surface area (Å²) >= 11 is 1.64. The summed E-state index contributed by atoms with van der Waals surface area (Å²) in [6, 6.07) is 4.00. The molecular formula is C14H20N4O2S. The van der Waals surface area contributed by atoms with E-state index >= 15 is 0 Å². The molecular weight excluding hydrogens is 288 g/mol. The minimum Gasteiger partial charge on any atom is -0.481 e. The number of carboxylic acid groups (broad SMARTS) is 1. The van der Waals surface area contributed by atoms with Crippen molar-refractivity contribution < 1.29 is 9.90 Å². The van der Waals surface area contributed by atoms with Crippen LogP contribution in [0, 0.1) is 11.3 Å². The molecule has 2 rings (SSSR count). The smallest absolute Gasteiger partial charge is 0.308 e. The molecule has 0 aliphatic rings. The number of rotatable bonds is 6. The van der Waals surface area contributed by atoms with Gasteiger partial charge in [-0.1, -0.05) is 26.8 Å². The largest absolute Gasteiger partial charge is 0.481 e. The third kappa shape index (κ3) is 4.63. The summed E-state index contributed by atoms with van der Waals surface area (Å²) in [4.78, 5) is 12.6. The van der Waals surface area contributed by atoms with Crippen LogP contribution in [0.3, 0.4) is 0 Å². The molecule has 1 N–H and O–H groups in total. The van der Waals surface area contributed by atoms with E-state index in [2.05, 4.69) is 15.5 Å². The number of thiophene rings is 1. The molecule has 1 unspecified atom stereocenters. The number of carboxylic acids is 1. The van der Waals surface area contributed by atoms with Crippen molar-refractivity contribution in [2.45, 2.75) is 40.2 Å². The molecule has 0 spiro atoms. The van der Waals surface area contributed by atoms with Crippen LogP contribution in [0.1, 0.15) is 37.9 Å². The minimum absolute atomic E-state index is 0.0506. The number of aromatic nitrogens is 4. The zero-order chi connectivity index (χ0) is 15.5. The Kier molecular flexibility index (Phi) is 4.72. The van der Waals surface area contributed by atoms with Crippen LogP contribution in [0.25, 0.3) is 0 Å². The molecule has 0 fully saturated rings. The van der Waals surface area contributed by atoms with E-state index in [1.165, 1.54) is 0 Å². The fraction of sp³-hybridized carbons (Fsp3) is 0.571. The van der Waals surface area contributed by atoms with Gasteiger partial charge in [0.05, 0.1) is 12.5 Å². The summed E-state index contributed by atoms with van der Waals surface area (Å²) in [5.41, 5.74) is -0.0506. The van der Waals surface area contributed by atoms with Crippen molar-refractivity contribution in [2.75, 3.05) is 0 Å². The van der Waals surface area contributed by atoms with Gasteiger partial charge in [-0.3, -0.25) is 4.79 Å². The van der Waals surface area contributed by atoms with Gasteiger partial charge in [-0.25, -0.2) is 4.68 Å². The summed E-state index contributed by atoms with van der Waals surface area (Å²) in [6.45, 7) is 6.42. The lowest BCUT2D eigenvalue weighted by Gasteiger charge is -2.23. The Hall–Kier alpha value is -1.76. The van der Waals surface area contributed by atoms with Crippen LogP contribution in [0.5, 0.6) is 0 Å². The van der Waals surface area contributed by atoms with E-state index in [1.807, 2.05) is 38.3 Å². The summed E-state index contributed by atoms with van der Waals surface area (Å²) in [5.74, 6) is -0.587. The topological polar surface area (TPSA) is 80.9 Å². The molecule has 114 valence electrons. The first-order chi connectivity index (χ1) is 9.85. The molecule has 6 nitrogen and oxygen atoms in total. The summed E-state index contributed by atoms with van der Waals surface area (Å²) in [7, 11) is 0. The zero-order valence-electron chi connectivity index (χ0n) is 12.5. The monoisotopic (exact) mass is 308 g/mol. The second-order valence-electron chi connectivity index (χ2n) is 6.33. The number of nitrogens with zero attached hydrogens (tertiary/aromatic N) is 4. The zero-order valence-corrected chi connectivity index (χ0v) is 13.3. The highest BCUT2D eigenvalue weighted by Gasteiger charge is 2.26. The summed E-state index contributed by atoms with van der Waals surface area (Å²) in [6.07, 6.45) is 1.22. The standard InChI is InChI=1S/C14H20N4O2S/c1-14(2,3)8-10(13(19)20)9-18-12(15-16-17-18)7-11-5-4-6-21-11/h4-6,10H,7-9H2,1-3H3,(H,19,20). The maximum atomic E-state index is 11.5. The van der Waals surface area contributed by atoms with Crippen molar-refractivity contribution in [1.29, 1.82) is 0 Å². The third-order valence-electron chi connectivity index (χ3n) is 3.12. The molecule has 0 saturated carbocycles. The van der Waals surface area contributed by atoms with E-state index < -0.39 is 11.9 Å². The molecule has 7 heteroatoms. The summed E-state index contributed by atoms with van der Waals surface area (Å²) in [5, 5.41) is 23.1. The first kappa shape index (κ1) is 15.6. The lowest BCUT2D eigenvalue weighted by molar-refractivity contribution is -0.143. The van der Waals surface area contributed by atoms with Gasteiger partial charge in [-0.05, 0) is 33.7 Å². The highest BCUT2D eigenvalue weighted by atomic mass is 32.1. The maximum absolute atomic E-state index is 11.5. The van der Waals surface area contributed by atoms with E-state index in [0.29, 0.717) is 25.2 Å². The van der Waals surface area contributed by atoms with Gasteiger partial charge in [0.2, 0.25) is 0 Å². The highest BCUT2D eigenvalue weighted by molar-refractivity contribution is 7.09. The van der Waals surface area contributed by atoms with E-state index in [9.17, 15) is 9.90 Å². The normalized spacial score (nSPS) is 13.3. The van der Waals surface area contributed by atoms with Crippen molar-refractivity contribution in [3.63, 3.8) is 0 Å². The molecule has 1 atom stereocenters. The SMILES string of the molecule is CC(C)(C)CC(Cn1nnnc1Cc1cccs1)C(=O)O. The van der Waals surface area contributed by atoms with Crippen molar-refractivity contribution in [1.82, 2.24) is 20.2 Å². The third-order valence-corrected chi connectivity index (χ3v) is 4.00. The van der Waals surface area contributed by atoms with Gasteiger partial charge in [0, 0.05) is 11.3 Å². The van der Waals surface area contributed by atoms with Crippen LogP contribution in [-0.2, 0) is 17.8 Å². The first-order valence-corrected chi connectivity index (χ1v) is 7.73. The number of tetrazole rings is 1. The van der Waals surface area contributed by atoms with Gasteiger partial charge in [-0.2, -0.15) is 0 Å². The molecule has 2 aromatic rings. The Morgan fingerprint density at radius 2 is 2.24 bits per heavy atom. The van der Waals surface area contributed by atoms with Crippen LogP contribution in [0.15, 0.2) is 17.5 Å². The van der Waals surface area contributed by atoms with Gasteiger partial charge < -0.3 is 5.11 Å². The Balaban J connectivity index is 2.11. The van der Waals surface area contributed by atoms with Crippen molar-refractivity contribution in [2.24, 2.45) is 11.3 Å². The number of hydrogen-bond donors (Lipinski definition) is 1.